The van der Waals surface area contributed by atoms with Crippen molar-refractivity contribution in [1.29, 1.82) is 0 Å². The van der Waals surface area contributed by atoms with Crippen LogP contribution in [0, 0.1) is 11.5 Å². The van der Waals surface area contributed by atoms with Crippen LogP contribution in [0.4, 0.5) is 4.39 Å². The van der Waals surface area contributed by atoms with Crippen LogP contribution in [-0.4, -0.2) is 6.17 Å². The Morgan fingerprint density at radius 2 is 2.14 bits per heavy atom. The summed E-state index contributed by atoms with van der Waals surface area (Å²) < 4.78 is 12.2. The topological polar surface area (TPSA) is 0 Å². The van der Waals surface area contributed by atoms with Crippen LogP contribution in [0.3, 0.4) is 0 Å². The first-order chi connectivity index (χ1) is 3.13. The van der Waals surface area contributed by atoms with Crippen LogP contribution in [0.15, 0.2) is 6.08 Å². The number of hydrogen-bond acceptors (Lipinski definition) is 0. The van der Waals surface area contributed by atoms with Crippen LogP contribution in [0.25, 0.3) is 0 Å². The average Bonchev–Trinajstić information content (AvgIpc) is 1.63. The molecule has 0 fully saturated rings. The molecular weight excluding hydrogens is 91.1 g/mol. The highest BCUT2D eigenvalue weighted by molar-refractivity contribution is 5.10. The van der Waals surface area contributed by atoms with E-state index in [1.165, 1.54) is 0 Å². The Bertz CT molecular complexity index is 103. The van der Waals surface area contributed by atoms with Gasteiger partial charge in [-0.2, -0.15) is 0 Å². The Morgan fingerprint density at radius 1 is 1.71 bits per heavy atom. The first kappa shape index (κ1) is 4.82. The first-order valence-electron chi connectivity index (χ1n) is 2.37. The van der Waals surface area contributed by atoms with Crippen molar-refractivity contribution in [3.63, 3.8) is 0 Å². The molecule has 1 radical (unpaired) electrons. The smallest absolute Gasteiger partial charge is 0.134 e. The normalized spacial score (nSPS) is 35.0. The third kappa shape index (κ3) is 0.561. The second-order valence-electron chi connectivity index (χ2n) is 2.49. The van der Waals surface area contributed by atoms with Crippen molar-refractivity contribution in [3.05, 3.63) is 12.2 Å². The van der Waals surface area contributed by atoms with E-state index in [9.17, 15) is 4.39 Å². The molecule has 0 heterocycles. The van der Waals surface area contributed by atoms with Crippen molar-refractivity contribution >= 4 is 0 Å². The molecule has 1 heteroatoms. The molecule has 0 aromatic rings. The minimum absolute atomic E-state index is 0.222. The molecule has 0 aliphatic heterocycles. The maximum absolute atomic E-state index is 12.2. The van der Waals surface area contributed by atoms with Crippen LogP contribution in [-0.2, 0) is 0 Å². The molecule has 0 spiro atoms. The lowest BCUT2D eigenvalue weighted by molar-refractivity contribution is 0.197. The maximum Gasteiger partial charge on any atom is 0.134 e. The molecule has 1 aliphatic carbocycles. The van der Waals surface area contributed by atoms with E-state index in [0.717, 1.165) is 0 Å². The summed E-state index contributed by atoms with van der Waals surface area (Å²) in [7, 11) is 0. The summed E-state index contributed by atoms with van der Waals surface area (Å²) in [5.74, 6) is 0. The molecule has 0 aromatic carbocycles. The van der Waals surface area contributed by atoms with Gasteiger partial charge < -0.3 is 0 Å². The molecular formula is C6H8F. The van der Waals surface area contributed by atoms with Gasteiger partial charge in [0.25, 0.3) is 0 Å². The lowest BCUT2D eigenvalue weighted by atomic mass is 9.79. The molecule has 1 unspecified atom stereocenters. The van der Waals surface area contributed by atoms with Crippen molar-refractivity contribution in [2.45, 2.75) is 20.0 Å². The zero-order valence-electron chi connectivity index (χ0n) is 4.53. The molecule has 0 saturated carbocycles. The Kier molecular flexibility index (Phi) is 0.748. The van der Waals surface area contributed by atoms with Crippen molar-refractivity contribution in [3.8, 4) is 0 Å². The molecule has 0 aromatic heterocycles. The zero-order valence-corrected chi connectivity index (χ0v) is 4.53. The zero-order chi connectivity index (χ0) is 5.49. The van der Waals surface area contributed by atoms with Gasteiger partial charge in [-0.15, -0.1) is 0 Å². The van der Waals surface area contributed by atoms with Crippen molar-refractivity contribution in [2.75, 3.05) is 0 Å². The molecule has 0 nitrogen and oxygen atoms in total. The van der Waals surface area contributed by atoms with Gasteiger partial charge in [0, 0.05) is 5.41 Å². The largest absolute Gasteiger partial charge is 0.241 e. The van der Waals surface area contributed by atoms with E-state index in [0.29, 0.717) is 0 Å². The van der Waals surface area contributed by atoms with Crippen molar-refractivity contribution < 1.29 is 4.39 Å². The van der Waals surface area contributed by atoms with Crippen molar-refractivity contribution in [2.24, 2.45) is 5.41 Å². The van der Waals surface area contributed by atoms with Crippen LogP contribution < -0.4 is 0 Å². The predicted molar refractivity (Wildman–Crippen MR) is 26.5 cm³/mol. The Morgan fingerprint density at radius 3 is 2.14 bits per heavy atom. The van der Waals surface area contributed by atoms with E-state index in [1.54, 1.807) is 6.08 Å². The highest BCUT2D eigenvalue weighted by Gasteiger charge is 2.32. The molecule has 0 saturated heterocycles. The summed E-state index contributed by atoms with van der Waals surface area (Å²) in [5.41, 5.74) is -0.222. The number of halogens is 1. The van der Waals surface area contributed by atoms with Gasteiger partial charge in [-0.25, -0.2) is 4.39 Å². The third-order valence-electron chi connectivity index (χ3n) is 1.25. The third-order valence-corrected chi connectivity index (χ3v) is 1.25. The minimum atomic E-state index is -0.826. The highest BCUT2D eigenvalue weighted by atomic mass is 19.1. The molecule has 7 heavy (non-hydrogen) atoms. The van der Waals surface area contributed by atoms with E-state index < -0.39 is 6.17 Å². The molecule has 1 aliphatic rings. The summed E-state index contributed by atoms with van der Waals surface area (Å²) in [4.78, 5) is 0. The molecule has 39 valence electrons. The summed E-state index contributed by atoms with van der Waals surface area (Å²) in [6.45, 7) is 3.71. The molecule has 0 N–H and O–H groups in total. The second-order valence-corrected chi connectivity index (χ2v) is 2.49. The molecule has 1 rings (SSSR count). The predicted octanol–water partition coefficient (Wildman–Crippen LogP) is 1.72. The molecule has 1 atom stereocenters. The Labute approximate surface area is 43.0 Å². The van der Waals surface area contributed by atoms with Gasteiger partial charge >= 0.3 is 0 Å². The lowest BCUT2D eigenvalue weighted by Gasteiger charge is -2.29. The van der Waals surface area contributed by atoms with Crippen LogP contribution in [0.5, 0.6) is 0 Å². The van der Waals surface area contributed by atoms with E-state index in [-0.39, 0.29) is 5.41 Å². The second kappa shape index (κ2) is 1.09. The number of rotatable bonds is 0. The van der Waals surface area contributed by atoms with Crippen LogP contribution in [0.2, 0.25) is 0 Å². The number of alkyl halides is 1. The summed E-state index contributed by atoms with van der Waals surface area (Å²) in [5, 5.41) is 0. The Balaban J connectivity index is 2.64. The van der Waals surface area contributed by atoms with Gasteiger partial charge in [-0.3, -0.25) is 0 Å². The minimum Gasteiger partial charge on any atom is -0.241 e. The monoisotopic (exact) mass is 99.1 g/mol. The summed E-state index contributed by atoms with van der Waals surface area (Å²) >= 11 is 0. The summed E-state index contributed by atoms with van der Waals surface area (Å²) in [6, 6.07) is 0. The SMILES string of the molecule is CC1(C)C=[C]C1F. The fourth-order valence-corrected chi connectivity index (χ4v) is 0.480. The maximum atomic E-state index is 12.2. The quantitative estimate of drug-likeness (QED) is 0.433. The Hall–Kier alpha value is -0.330. The van der Waals surface area contributed by atoms with Crippen molar-refractivity contribution in [1.82, 2.24) is 0 Å². The van der Waals surface area contributed by atoms with E-state index in [4.69, 9.17) is 0 Å². The molecule has 0 amide bonds. The summed E-state index contributed by atoms with van der Waals surface area (Å²) in [6.07, 6.45) is 3.44. The number of allylic oxidation sites excluding steroid dienone is 2. The van der Waals surface area contributed by atoms with Gasteiger partial charge in [0.1, 0.15) is 6.17 Å². The fraction of sp³-hybridized carbons (Fsp3) is 0.667. The van der Waals surface area contributed by atoms with Crippen LogP contribution >= 0.6 is 0 Å². The van der Waals surface area contributed by atoms with Gasteiger partial charge in [0.2, 0.25) is 0 Å². The lowest BCUT2D eigenvalue weighted by Crippen LogP contribution is -2.29. The van der Waals surface area contributed by atoms with Gasteiger partial charge in [0.05, 0.1) is 0 Å². The van der Waals surface area contributed by atoms with E-state index in [2.05, 4.69) is 6.08 Å². The first-order valence-corrected chi connectivity index (χ1v) is 2.37. The van der Waals surface area contributed by atoms with E-state index >= 15 is 0 Å². The highest BCUT2D eigenvalue weighted by Crippen LogP contribution is 2.33. The average molecular weight is 99.1 g/mol. The molecule has 0 bridgehead atoms. The standard InChI is InChI=1S/C6H8F/c1-6(2)4-3-5(6)7/h4-5H,1-2H3. The van der Waals surface area contributed by atoms with E-state index in [1.807, 2.05) is 13.8 Å². The van der Waals surface area contributed by atoms with Gasteiger partial charge in [-0.1, -0.05) is 19.9 Å². The van der Waals surface area contributed by atoms with Gasteiger partial charge in [-0.05, 0) is 6.08 Å². The number of hydrogen-bond donors (Lipinski definition) is 0. The fourth-order valence-electron chi connectivity index (χ4n) is 0.480. The van der Waals surface area contributed by atoms with Crippen LogP contribution in [0.1, 0.15) is 13.8 Å². The van der Waals surface area contributed by atoms with Gasteiger partial charge in [0.15, 0.2) is 0 Å².